The van der Waals surface area contributed by atoms with Gasteiger partial charge in [0.15, 0.2) is 6.61 Å². The predicted molar refractivity (Wildman–Crippen MR) is 79.5 cm³/mol. The molecule has 2 unspecified atom stereocenters. The Morgan fingerprint density at radius 1 is 1.30 bits per heavy atom. The van der Waals surface area contributed by atoms with Gasteiger partial charge in [-0.05, 0) is 43.9 Å². The molecule has 2 bridgehead atoms. The molecule has 0 aliphatic carbocycles. The SMILES string of the molecule is O=C(COc1cccc(Cl)c1)N1C2CCC1CC(Cl)C2. The van der Waals surface area contributed by atoms with Crippen molar-refractivity contribution in [2.24, 2.45) is 0 Å². The number of carbonyl (C=O) groups is 1. The fourth-order valence-electron chi connectivity index (χ4n) is 3.29. The third kappa shape index (κ3) is 2.89. The van der Waals surface area contributed by atoms with Crippen molar-refractivity contribution in [2.75, 3.05) is 6.61 Å². The smallest absolute Gasteiger partial charge is 0.261 e. The molecule has 108 valence electrons. The molecule has 0 spiro atoms. The van der Waals surface area contributed by atoms with Crippen LogP contribution >= 0.6 is 23.2 Å². The predicted octanol–water partition coefficient (Wildman–Crippen LogP) is 3.48. The summed E-state index contributed by atoms with van der Waals surface area (Å²) in [5.41, 5.74) is 0. The van der Waals surface area contributed by atoms with Crippen LogP contribution < -0.4 is 4.74 Å². The number of carbonyl (C=O) groups excluding carboxylic acids is 1. The second-order valence-corrected chi connectivity index (χ2v) is 6.55. The fourth-order valence-corrected chi connectivity index (χ4v) is 3.89. The van der Waals surface area contributed by atoms with E-state index in [2.05, 4.69) is 0 Å². The van der Waals surface area contributed by atoms with Crippen LogP contribution in [0.15, 0.2) is 24.3 Å². The molecule has 0 saturated carbocycles. The first-order valence-electron chi connectivity index (χ1n) is 6.97. The highest BCUT2D eigenvalue weighted by atomic mass is 35.5. The van der Waals surface area contributed by atoms with Crippen molar-refractivity contribution in [3.05, 3.63) is 29.3 Å². The van der Waals surface area contributed by atoms with Crippen molar-refractivity contribution in [1.29, 1.82) is 0 Å². The molecule has 20 heavy (non-hydrogen) atoms. The topological polar surface area (TPSA) is 29.5 Å². The van der Waals surface area contributed by atoms with Gasteiger partial charge >= 0.3 is 0 Å². The Hall–Kier alpha value is -0.930. The van der Waals surface area contributed by atoms with Gasteiger partial charge in [-0.15, -0.1) is 11.6 Å². The van der Waals surface area contributed by atoms with E-state index in [1.165, 1.54) is 0 Å². The van der Waals surface area contributed by atoms with E-state index in [1.807, 2.05) is 11.0 Å². The molecule has 2 fully saturated rings. The Labute approximate surface area is 128 Å². The summed E-state index contributed by atoms with van der Waals surface area (Å²) >= 11 is 12.1. The number of piperidine rings is 1. The van der Waals surface area contributed by atoms with Crippen LogP contribution in [0.5, 0.6) is 5.75 Å². The number of fused-ring (bicyclic) bond motifs is 2. The van der Waals surface area contributed by atoms with Crippen molar-refractivity contribution in [3.63, 3.8) is 0 Å². The molecule has 1 aromatic carbocycles. The molecule has 0 N–H and O–H groups in total. The van der Waals surface area contributed by atoms with Gasteiger partial charge in [0.05, 0.1) is 0 Å². The second kappa shape index (κ2) is 5.82. The van der Waals surface area contributed by atoms with E-state index in [4.69, 9.17) is 27.9 Å². The summed E-state index contributed by atoms with van der Waals surface area (Å²) in [5, 5.41) is 0.823. The molecular formula is C15H17Cl2NO2. The van der Waals surface area contributed by atoms with E-state index in [0.29, 0.717) is 22.9 Å². The third-order valence-corrected chi connectivity index (χ3v) is 4.71. The molecule has 0 radical (unpaired) electrons. The number of hydrogen-bond acceptors (Lipinski definition) is 2. The highest BCUT2D eigenvalue weighted by Gasteiger charge is 2.42. The molecule has 2 atom stereocenters. The molecule has 5 heteroatoms. The lowest BCUT2D eigenvalue weighted by Crippen LogP contribution is -2.48. The van der Waals surface area contributed by atoms with Gasteiger partial charge in [0.1, 0.15) is 5.75 Å². The van der Waals surface area contributed by atoms with Gasteiger partial charge in [0.25, 0.3) is 5.91 Å². The van der Waals surface area contributed by atoms with Crippen LogP contribution in [0.1, 0.15) is 25.7 Å². The maximum atomic E-state index is 12.3. The van der Waals surface area contributed by atoms with Gasteiger partial charge in [0.2, 0.25) is 0 Å². The van der Waals surface area contributed by atoms with E-state index in [-0.39, 0.29) is 17.9 Å². The molecule has 2 aliphatic heterocycles. The minimum atomic E-state index is 0.0565. The number of amides is 1. The molecule has 2 heterocycles. The number of rotatable bonds is 3. The van der Waals surface area contributed by atoms with Crippen LogP contribution in [0.25, 0.3) is 0 Å². The summed E-state index contributed by atoms with van der Waals surface area (Å²) in [4.78, 5) is 14.3. The molecular weight excluding hydrogens is 297 g/mol. The standard InChI is InChI=1S/C15H17Cl2NO2/c16-10-2-1-3-14(8-10)20-9-15(19)18-12-4-5-13(18)7-11(17)6-12/h1-3,8,11-13H,4-7,9H2. The maximum Gasteiger partial charge on any atom is 0.261 e. The normalized spacial score (nSPS) is 28.5. The van der Waals surface area contributed by atoms with E-state index >= 15 is 0 Å². The van der Waals surface area contributed by atoms with E-state index in [1.54, 1.807) is 18.2 Å². The van der Waals surface area contributed by atoms with Gasteiger partial charge in [0, 0.05) is 22.5 Å². The monoisotopic (exact) mass is 313 g/mol. The second-order valence-electron chi connectivity index (χ2n) is 5.50. The zero-order chi connectivity index (χ0) is 14.1. The van der Waals surface area contributed by atoms with E-state index in [0.717, 1.165) is 25.7 Å². The Morgan fingerprint density at radius 3 is 2.65 bits per heavy atom. The molecule has 3 rings (SSSR count). The Bertz CT molecular complexity index is 494. The number of ether oxygens (including phenoxy) is 1. The molecule has 3 nitrogen and oxygen atoms in total. The largest absolute Gasteiger partial charge is 0.484 e. The molecule has 2 aliphatic rings. The molecule has 2 saturated heterocycles. The number of alkyl halides is 1. The molecule has 1 amide bonds. The van der Waals surface area contributed by atoms with Crippen LogP contribution in [-0.4, -0.2) is 34.9 Å². The van der Waals surface area contributed by atoms with Crippen LogP contribution in [0.2, 0.25) is 5.02 Å². The lowest BCUT2D eigenvalue weighted by atomic mass is 10.0. The van der Waals surface area contributed by atoms with Crippen LogP contribution in [0.4, 0.5) is 0 Å². The maximum absolute atomic E-state index is 12.3. The number of hydrogen-bond donors (Lipinski definition) is 0. The van der Waals surface area contributed by atoms with Gasteiger partial charge in [-0.2, -0.15) is 0 Å². The highest BCUT2D eigenvalue weighted by molar-refractivity contribution is 6.30. The van der Waals surface area contributed by atoms with E-state index < -0.39 is 0 Å². The Kier molecular flexibility index (Phi) is 4.08. The van der Waals surface area contributed by atoms with Crippen molar-refractivity contribution < 1.29 is 9.53 Å². The van der Waals surface area contributed by atoms with Gasteiger partial charge in [-0.25, -0.2) is 0 Å². The highest BCUT2D eigenvalue weighted by Crippen LogP contribution is 2.37. The van der Waals surface area contributed by atoms with Crippen LogP contribution in [0, 0.1) is 0 Å². The van der Waals surface area contributed by atoms with Gasteiger partial charge < -0.3 is 9.64 Å². The van der Waals surface area contributed by atoms with Crippen LogP contribution in [-0.2, 0) is 4.79 Å². The zero-order valence-electron chi connectivity index (χ0n) is 11.1. The first-order chi connectivity index (χ1) is 9.63. The Morgan fingerprint density at radius 2 is 2.00 bits per heavy atom. The van der Waals surface area contributed by atoms with Crippen molar-refractivity contribution in [3.8, 4) is 5.75 Å². The van der Waals surface area contributed by atoms with Gasteiger partial charge in [-0.3, -0.25) is 4.79 Å². The summed E-state index contributed by atoms with van der Waals surface area (Å²) in [6.07, 6.45) is 3.94. The van der Waals surface area contributed by atoms with E-state index in [9.17, 15) is 4.79 Å². The summed E-state index contributed by atoms with van der Waals surface area (Å²) in [5.74, 6) is 0.687. The zero-order valence-corrected chi connectivity index (χ0v) is 12.6. The van der Waals surface area contributed by atoms with Crippen molar-refractivity contribution in [1.82, 2.24) is 4.90 Å². The first kappa shape index (κ1) is 14.0. The average Bonchev–Trinajstić information content (AvgIpc) is 2.68. The number of nitrogens with zero attached hydrogens (tertiary/aromatic N) is 1. The number of halogens is 2. The van der Waals surface area contributed by atoms with Crippen molar-refractivity contribution in [2.45, 2.75) is 43.1 Å². The van der Waals surface area contributed by atoms with Gasteiger partial charge in [-0.1, -0.05) is 17.7 Å². The summed E-state index contributed by atoms with van der Waals surface area (Å²) in [7, 11) is 0. The van der Waals surface area contributed by atoms with Crippen LogP contribution in [0.3, 0.4) is 0 Å². The third-order valence-electron chi connectivity index (χ3n) is 4.12. The lowest BCUT2D eigenvalue weighted by Gasteiger charge is -2.36. The fraction of sp³-hybridized carbons (Fsp3) is 0.533. The molecule has 1 aromatic rings. The average molecular weight is 314 g/mol. The minimum absolute atomic E-state index is 0.0565. The lowest BCUT2D eigenvalue weighted by molar-refractivity contribution is -0.137. The van der Waals surface area contributed by atoms with Crippen molar-refractivity contribution >= 4 is 29.1 Å². The summed E-state index contributed by atoms with van der Waals surface area (Å²) in [6.45, 7) is 0.0697. The minimum Gasteiger partial charge on any atom is -0.484 e. The Balaban J connectivity index is 1.60. The summed E-state index contributed by atoms with van der Waals surface area (Å²) < 4.78 is 5.54. The quantitative estimate of drug-likeness (QED) is 0.800. The summed E-state index contributed by atoms with van der Waals surface area (Å²) in [6, 6.07) is 7.71. The first-order valence-corrected chi connectivity index (χ1v) is 7.78. The molecule has 0 aromatic heterocycles. The number of benzene rings is 1.